The third-order valence-electron chi connectivity index (χ3n) is 4.74. The summed E-state index contributed by atoms with van der Waals surface area (Å²) in [5, 5.41) is 12.4. The zero-order valence-corrected chi connectivity index (χ0v) is 17.4. The standard InChI is InChI=1S/C26H24N2O2/c1-18-9-12-21(13-10-18)17-30-25-7-5-4-6-22(25)15-23(16-27)26(29)28-24-14-19(2)8-11-20(24)3/h4-15H,17H2,1-3H3,(H,28,29)/b23-15+. The van der Waals surface area contributed by atoms with Crippen molar-refractivity contribution < 1.29 is 9.53 Å². The van der Waals surface area contributed by atoms with Crippen LogP contribution in [0.25, 0.3) is 6.08 Å². The molecule has 0 atom stereocenters. The van der Waals surface area contributed by atoms with Crippen molar-refractivity contribution in [3.63, 3.8) is 0 Å². The second kappa shape index (κ2) is 9.58. The largest absolute Gasteiger partial charge is 0.488 e. The van der Waals surface area contributed by atoms with E-state index in [0.29, 0.717) is 23.6 Å². The predicted octanol–water partition coefficient (Wildman–Crippen LogP) is 5.74. The van der Waals surface area contributed by atoms with Crippen molar-refractivity contribution in [1.29, 1.82) is 5.26 Å². The maximum Gasteiger partial charge on any atom is 0.266 e. The highest BCUT2D eigenvalue weighted by Gasteiger charge is 2.12. The normalized spacial score (nSPS) is 10.9. The van der Waals surface area contributed by atoms with Crippen LogP contribution in [0.15, 0.2) is 72.3 Å². The number of benzene rings is 3. The van der Waals surface area contributed by atoms with Crippen LogP contribution in [0.4, 0.5) is 5.69 Å². The van der Waals surface area contributed by atoms with Gasteiger partial charge in [0.15, 0.2) is 0 Å². The molecule has 3 aromatic rings. The van der Waals surface area contributed by atoms with E-state index in [1.165, 1.54) is 5.56 Å². The van der Waals surface area contributed by atoms with Gasteiger partial charge in [-0.3, -0.25) is 4.79 Å². The van der Waals surface area contributed by atoms with Crippen LogP contribution < -0.4 is 10.1 Å². The first kappa shape index (κ1) is 20.9. The molecule has 0 saturated heterocycles. The fraction of sp³-hybridized carbons (Fsp3) is 0.154. The maximum atomic E-state index is 12.7. The second-order valence-electron chi connectivity index (χ2n) is 7.25. The molecule has 0 radical (unpaired) electrons. The van der Waals surface area contributed by atoms with Gasteiger partial charge in [-0.2, -0.15) is 5.26 Å². The molecule has 1 N–H and O–H groups in total. The molecule has 3 aromatic carbocycles. The van der Waals surface area contributed by atoms with Gasteiger partial charge in [0.2, 0.25) is 0 Å². The summed E-state index contributed by atoms with van der Waals surface area (Å²) < 4.78 is 5.96. The Morgan fingerprint density at radius 2 is 1.70 bits per heavy atom. The van der Waals surface area contributed by atoms with Gasteiger partial charge < -0.3 is 10.1 Å². The molecule has 1 amide bonds. The number of hydrogen-bond acceptors (Lipinski definition) is 3. The lowest BCUT2D eigenvalue weighted by molar-refractivity contribution is -0.112. The predicted molar refractivity (Wildman–Crippen MR) is 120 cm³/mol. The van der Waals surface area contributed by atoms with E-state index in [0.717, 1.165) is 16.7 Å². The monoisotopic (exact) mass is 396 g/mol. The summed E-state index contributed by atoms with van der Waals surface area (Å²) in [5.41, 5.74) is 5.61. The molecule has 0 unspecified atom stereocenters. The molecule has 150 valence electrons. The van der Waals surface area contributed by atoms with E-state index < -0.39 is 5.91 Å². The van der Waals surface area contributed by atoms with E-state index in [-0.39, 0.29) is 5.57 Å². The number of para-hydroxylation sites is 1. The molecule has 0 saturated carbocycles. The maximum absolute atomic E-state index is 12.7. The van der Waals surface area contributed by atoms with Gasteiger partial charge in [-0.15, -0.1) is 0 Å². The van der Waals surface area contributed by atoms with Crippen molar-refractivity contribution in [1.82, 2.24) is 0 Å². The van der Waals surface area contributed by atoms with Crippen molar-refractivity contribution in [2.75, 3.05) is 5.32 Å². The molecule has 0 aliphatic heterocycles. The number of hydrogen-bond donors (Lipinski definition) is 1. The Labute approximate surface area is 177 Å². The van der Waals surface area contributed by atoms with Crippen molar-refractivity contribution in [3.8, 4) is 11.8 Å². The fourth-order valence-corrected chi connectivity index (χ4v) is 2.94. The van der Waals surface area contributed by atoms with Crippen LogP contribution in [0.3, 0.4) is 0 Å². The molecular formula is C26H24N2O2. The quantitative estimate of drug-likeness (QED) is 0.427. The van der Waals surface area contributed by atoms with E-state index in [2.05, 4.69) is 5.32 Å². The van der Waals surface area contributed by atoms with E-state index in [9.17, 15) is 10.1 Å². The molecule has 30 heavy (non-hydrogen) atoms. The Hall–Kier alpha value is -3.84. The van der Waals surface area contributed by atoms with Gasteiger partial charge in [-0.05, 0) is 55.7 Å². The molecule has 0 aliphatic carbocycles. The van der Waals surface area contributed by atoms with Crippen LogP contribution in [0, 0.1) is 32.1 Å². The zero-order chi connectivity index (χ0) is 21.5. The molecule has 0 fully saturated rings. The summed E-state index contributed by atoms with van der Waals surface area (Å²) in [5.74, 6) is 0.171. The molecule has 0 aromatic heterocycles. The van der Waals surface area contributed by atoms with Crippen LogP contribution in [0.5, 0.6) is 5.75 Å². The number of amides is 1. The zero-order valence-electron chi connectivity index (χ0n) is 17.4. The molecule has 4 heteroatoms. The first-order valence-electron chi connectivity index (χ1n) is 9.74. The van der Waals surface area contributed by atoms with Gasteiger partial charge in [0.25, 0.3) is 5.91 Å². The van der Waals surface area contributed by atoms with Crippen molar-refractivity contribution >= 4 is 17.7 Å². The van der Waals surface area contributed by atoms with Gasteiger partial charge in [0.05, 0.1) is 0 Å². The highest BCUT2D eigenvalue weighted by Crippen LogP contribution is 2.23. The molecule has 0 heterocycles. The molecule has 4 nitrogen and oxygen atoms in total. The highest BCUT2D eigenvalue weighted by atomic mass is 16.5. The number of anilines is 1. The Kier molecular flexibility index (Phi) is 6.67. The minimum Gasteiger partial charge on any atom is -0.488 e. The van der Waals surface area contributed by atoms with Crippen molar-refractivity contribution in [3.05, 3.63) is 100 Å². The number of carbonyl (C=O) groups is 1. The minimum absolute atomic E-state index is 0.0160. The highest BCUT2D eigenvalue weighted by molar-refractivity contribution is 6.10. The Morgan fingerprint density at radius 1 is 1.00 bits per heavy atom. The van der Waals surface area contributed by atoms with Gasteiger partial charge in [0, 0.05) is 11.3 Å². The number of aryl methyl sites for hydroxylation is 3. The fourth-order valence-electron chi connectivity index (χ4n) is 2.94. The average molecular weight is 396 g/mol. The van der Waals surface area contributed by atoms with E-state index >= 15 is 0 Å². The first-order chi connectivity index (χ1) is 14.5. The van der Waals surface area contributed by atoms with E-state index in [1.807, 2.05) is 93.6 Å². The average Bonchev–Trinajstić information content (AvgIpc) is 2.74. The first-order valence-corrected chi connectivity index (χ1v) is 9.74. The third kappa shape index (κ3) is 5.36. The van der Waals surface area contributed by atoms with Crippen LogP contribution in [-0.2, 0) is 11.4 Å². The lowest BCUT2D eigenvalue weighted by atomic mass is 10.1. The van der Waals surface area contributed by atoms with Crippen molar-refractivity contribution in [2.24, 2.45) is 0 Å². The SMILES string of the molecule is Cc1ccc(COc2ccccc2/C=C(\C#N)C(=O)Nc2cc(C)ccc2C)cc1. The summed E-state index contributed by atoms with van der Waals surface area (Å²) in [6.07, 6.45) is 1.56. The Morgan fingerprint density at radius 3 is 2.43 bits per heavy atom. The smallest absolute Gasteiger partial charge is 0.266 e. The number of rotatable bonds is 6. The van der Waals surface area contributed by atoms with Crippen LogP contribution in [0.2, 0.25) is 0 Å². The molecular weight excluding hydrogens is 372 g/mol. The second-order valence-corrected chi connectivity index (χ2v) is 7.25. The minimum atomic E-state index is -0.445. The molecule has 0 spiro atoms. The third-order valence-corrected chi connectivity index (χ3v) is 4.74. The molecule has 3 rings (SSSR count). The summed E-state index contributed by atoms with van der Waals surface area (Å²) in [6, 6.07) is 23.3. The lowest BCUT2D eigenvalue weighted by Gasteiger charge is -2.11. The van der Waals surface area contributed by atoms with Gasteiger partial charge in [-0.25, -0.2) is 0 Å². The number of nitrogens with zero attached hydrogens (tertiary/aromatic N) is 1. The van der Waals surface area contributed by atoms with Gasteiger partial charge in [0.1, 0.15) is 24.0 Å². The summed E-state index contributed by atoms with van der Waals surface area (Å²) in [4.78, 5) is 12.7. The van der Waals surface area contributed by atoms with Crippen LogP contribution in [0.1, 0.15) is 27.8 Å². The van der Waals surface area contributed by atoms with Crippen LogP contribution in [-0.4, -0.2) is 5.91 Å². The molecule has 0 bridgehead atoms. The van der Waals surface area contributed by atoms with Crippen LogP contribution >= 0.6 is 0 Å². The Bertz CT molecular complexity index is 1120. The van der Waals surface area contributed by atoms with Gasteiger partial charge in [-0.1, -0.05) is 60.2 Å². The van der Waals surface area contributed by atoms with E-state index in [1.54, 1.807) is 6.08 Å². The Balaban J connectivity index is 1.80. The number of carbonyl (C=O) groups excluding carboxylic acids is 1. The number of nitrogens with one attached hydrogen (secondary N) is 1. The lowest BCUT2D eigenvalue weighted by Crippen LogP contribution is -2.14. The topological polar surface area (TPSA) is 62.1 Å². The molecule has 0 aliphatic rings. The van der Waals surface area contributed by atoms with Gasteiger partial charge >= 0.3 is 0 Å². The summed E-state index contributed by atoms with van der Waals surface area (Å²) >= 11 is 0. The summed E-state index contributed by atoms with van der Waals surface area (Å²) in [6.45, 7) is 6.32. The van der Waals surface area contributed by atoms with E-state index in [4.69, 9.17) is 4.74 Å². The summed E-state index contributed by atoms with van der Waals surface area (Å²) in [7, 11) is 0. The van der Waals surface area contributed by atoms with Crippen molar-refractivity contribution in [2.45, 2.75) is 27.4 Å². The number of ether oxygens (including phenoxy) is 1. The number of nitriles is 1.